The van der Waals surface area contributed by atoms with Crippen molar-refractivity contribution in [2.24, 2.45) is 5.10 Å². The summed E-state index contributed by atoms with van der Waals surface area (Å²) in [6.07, 6.45) is 1.68. The summed E-state index contributed by atoms with van der Waals surface area (Å²) in [6, 6.07) is 13.5. The third-order valence-electron chi connectivity index (χ3n) is 4.60. The number of para-hydroxylation sites is 1. The molecular weight excluding hydrogens is 476 g/mol. The second kappa shape index (κ2) is 10.3. The first-order valence-electron chi connectivity index (χ1n) is 9.96. The van der Waals surface area contributed by atoms with Gasteiger partial charge in [0.05, 0.1) is 21.9 Å². The molecule has 10 nitrogen and oxygen atoms in total. The third kappa shape index (κ3) is 5.85. The van der Waals surface area contributed by atoms with Crippen LogP contribution in [0.3, 0.4) is 0 Å². The van der Waals surface area contributed by atoms with Crippen molar-refractivity contribution < 1.29 is 14.5 Å². The van der Waals surface area contributed by atoms with Crippen LogP contribution in [0.25, 0.3) is 6.08 Å². The maximum absolute atomic E-state index is 12.3. The molecule has 1 aliphatic heterocycles. The minimum absolute atomic E-state index is 0.0551. The van der Waals surface area contributed by atoms with Gasteiger partial charge in [0.15, 0.2) is 5.17 Å². The van der Waals surface area contributed by atoms with Crippen LogP contribution in [-0.4, -0.2) is 26.9 Å². The molecule has 1 aliphatic rings. The van der Waals surface area contributed by atoms with Crippen LogP contribution >= 0.6 is 23.1 Å². The second-order valence-electron chi connectivity index (χ2n) is 7.13. The van der Waals surface area contributed by atoms with Gasteiger partial charge in [0.1, 0.15) is 0 Å². The molecule has 2 aromatic carbocycles. The number of thioether (sulfide) groups is 1. The van der Waals surface area contributed by atoms with Crippen LogP contribution < -0.4 is 16.1 Å². The van der Waals surface area contributed by atoms with Crippen LogP contribution in [0.1, 0.15) is 16.8 Å². The molecule has 4 rings (SSSR count). The van der Waals surface area contributed by atoms with E-state index in [9.17, 15) is 19.7 Å². The number of rotatable bonds is 7. The van der Waals surface area contributed by atoms with Crippen LogP contribution in [0.5, 0.6) is 0 Å². The minimum atomic E-state index is -0.491. The molecule has 1 saturated heterocycles. The number of non-ortho nitro benzene ring substituents is 1. The maximum atomic E-state index is 12.3. The van der Waals surface area contributed by atoms with Crippen LogP contribution in [0.4, 0.5) is 16.5 Å². The lowest BCUT2D eigenvalue weighted by Gasteiger charge is -2.06. The lowest BCUT2D eigenvalue weighted by atomic mass is 10.2. The average molecular weight is 495 g/mol. The van der Waals surface area contributed by atoms with E-state index in [0.717, 1.165) is 23.0 Å². The van der Waals surface area contributed by atoms with Gasteiger partial charge in [0.2, 0.25) is 11.0 Å². The standard InChI is InChI=1S/C22H18N6O4S2/c1-13-5-2-3-8-17(13)24-19(29)11-15-12-33-21(23-15)26-27-22-25-20(30)18(34-22)10-14-6-4-7-16(9-14)28(31)32/h2-10,12H,11H2,1H3,(H,23,26)(H,24,29)(H,25,27,30)/b18-10+. The van der Waals surface area contributed by atoms with Gasteiger partial charge in [0.25, 0.3) is 11.6 Å². The molecule has 3 N–H and O–H groups in total. The Hall–Kier alpha value is -4.03. The van der Waals surface area contributed by atoms with Gasteiger partial charge in [-0.15, -0.1) is 16.4 Å². The number of aromatic nitrogens is 1. The van der Waals surface area contributed by atoms with Crippen LogP contribution in [0, 0.1) is 17.0 Å². The number of nitrogens with zero attached hydrogens (tertiary/aromatic N) is 3. The Morgan fingerprint density at radius 1 is 1.26 bits per heavy atom. The summed E-state index contributed by atoms with van der Waals surface area (Å²) in [4.78, 5) is 39.7. The van der Waals surface area contributed by atoms with Crippen LogP contribution in [0.2, 0.25) is 0 Å². The van der Waals surface area contributed by atoms with Gasteiger partial charge >= 0.3 is 0 Å². The number of hydrazone groups is 1. The number of nitro groups is 1. The Labute approximate surface area is 202 Å². The van der Waals surface area contributed by atoms with E-state index in [0.29, 0.717) is 26.5 Å². The lowest BCUT2D eigenvalue weighted by molar-refractivity contribution is -0.384. The highest BCUT2D eigenvalue weighted by atomic mass is 32.2. The number of nitro benzene ring substituents is 1. The Morgan fingerprint density at radius 3 is 2.88 bits per heavy atom. The zero-order chi connectivity index (χ0) is 24.1. The van der Waals surface area contributed by atoms with E-state index in [-0.39, 0.29) is 23.9 Å². The molecule has 34 heavy (non-hydrogen) atoms. The van der Waals surface area contributed by atoms with E-state index in [1.165, 1.54) is 23.5 Å². The highest BCUT2D eigenvalue weighted by Gasteiger charge is 2.24. The summed E-state index contributed by atoms with van der Waals surface area (Å²) in [7, 11) is 0. The molecule has 12 heteroatoms. The van der Waals surface area contributed by atoms with Gasteiger partial charge in [-0.1, -0.05) is 30.3 Å². The zero-order valence-electron chi connectivity index (χ0n) is 17.8. The summed E-state index contributed by atoms with van der Waals surface area (Å²) in [5, 5.41) is 23.1. The second-order valence-corrected chi connectivity index (χ2v) is 9.02. The monoisotopic (exact) mass is 494 g/mol. The highest BCUT2D eigenvalue weighted by Crippen LogP contribution is 2.27. The smallest absolute Gasteiger partial charge is 0.270 e. The summed E-state index contributed by atoms with van der Waals surface area (Å²) >= 11 is 2.38. The van der Waals surface area contributed by atoms with E-state index in [2.05, 4.69) is 26.1 Å². The summed E-state index contributed by atoms with van der Waals surface area (Å²) in [5.41, 5.74) is 5.59. The Bertz CT molecular complexity index is 1330. The van der Waals surface area contributed by atoms with E-state index < -0.39 is 4.92 Å². The molecule has 0 unspecified atom stereocenters. The van der Waals surface area contributed by atoms with Crippen molar-refractivity contribution >= 4 is 62.7 Å². The summed E-state index contributed by atoms with van der Waals surface area (Å²) < 4.78 is 0. The van der Waals surface area contributed by atoms with Crippen molar-refractivity contribution in [1.82, 2.24) is 10.3 Å². The first-order valence-corrected chi connectivity index (χ1v) is 11.7. The minimum Gasteiger partial charge on any atom is -0.326 e. The number of carbonyl (C=O) groups is 2. The van der Waals surface area contributed by atoms with Gasteiger partial charge in [0, 0.05) is 23.2 Å². The van der Waals surface area contributed by atoms with Crippen LogP contribution in [0.15, 0.2) is 63.9 Å². The fourth-order valence-electron chi connectivity index (χ4n) is 2.97. The SMILES string of the molecule is Cc1ccccc1NC(=O)Cc1csc(NN=C2NC(=O)/C(=C\c3cccc([N+](=O)[O-])c3)S2)n1. The zero-order valence-corrected chi connectivity index (χ0v) is 19.4. The van der Waals surface area contributed by atoms with Crippen molar-refractivity contribution in [2.45, 2.75) is 13.3 Å². The van der Waals surface area contributed by atoms with E-state index in [4.69, 9.17) is 0 Å². The molecule has 0 saturated carbocycles. The van der Waals surface area contributed by atoms with E-state index in [1.54, 1.807) is 23.6 Å². The first-order chi connectivity index (χ1) is 16.4. The number of hydrogen-bond acceptors (Lipinski definition) is 9. The van der Waals surface area contributed by atoms with Crippen molar-refractivity contribution in [3.63, 3.8) is 0 Å². The number of aryl methyl sites for hydroxylation is 1. The molecule has 0 spiro atoms. The molecule has 0 radical (unpaired) electrons. The fourth-order valence-corrected chi connectivity index (χ4v) is 4.40. The fraction of sp³-hybridized carbons (Fsp3) is 0.0909. The predicted molar refractivity (Wildman–Crippen MR) is 133 cm³/mol. The average Bonchev–Trinajstić information content (AvgIpc) is 3.40. The Balaban J connectivity index is 1.35. The quantitative estimate of drug-likeness (QED) is 0.255. The van der Waals surface area contributed by atoms with Crippen molar-refractivity contribution in [1.29, 1.82) is 0 Å². The van der Waals surface area contributed by atoms with Crippen molar-refractivity contribution in [2.75, 3.05) is 10.7 Å². The molecule has 2 heterocycles. The van der Waals surface area contributed by atoms with Crippen molar-refractivity contribution in [3.8, 4) is 0 Å². The van der Waals surface area contributed by atoms with E-state index in [1.807, 2.05) is 31.2 Å². The van der Waals surface area contributed by atoms with Gasteiger partial charge in [-0.05, 0) is 42.0 Å². The normalized spacial score (nSPS) is 15.4. The number of carbonyl (C=O) groups excluding carboxylic acids is 2. The molecule has 2 amide bonds. The first kappa shape index (κ1) is 23.1. The molecule has 3 aromatic rings. The summed E-state index contributed by atoms with van der Waals surface area (Å²) in [6.45, 7) is 1.92. The van der Waals surface area contributed by atoms with Gasteiger partial charge in [-0.25, -0.2) is 4.98 Å². The number of nitrogens with one attached hydrogen (secondary N) is 3. The number of hydrogen-bond donors (Lipinski definition) is 3. The number of thiazole rings is 1. The van der Waals surface area contributed by atoms with Crippen LogP contribution in [-0.2, 0) is 16.0 Å². The predicted octanol–water partition coefficient (Wildman–Crippen LogP) is 4.13. The van der Waals surface area contributed by atoms with Gasteiger partial charge in [-0.2, -0.15) is 0 Å². The lowest BCUT2D eigenvalue weighted by Crippen LogP contribution is -2.20. The molecule has 172 valence electrons. The van der Waals surface area contributed by atoms with E-state index >= 15 is 0 Å². The number of benzene rings is 2. The third-order valence-corrected chi connectivity index (χ3v) is 6.30. The molecular formula is C22H18N6O4S2. The highest BCUT2D eigenvalue weighted by molar-refractivity contribution is 8.18. The molecule has 0 bridgehead atoms. The summed E-state index contributed by atoms with van der Waals surface area (Å²) in [5.74, 6) is -0.531. The number of anilines is 2. The van der Waals surface area contributed by atoms with Crippen molar-refractivity contribution in [3.05, 3.63) is 85.8 Å². The Kier molecular flexibility index (Phi) is 6.99. The molecule has 1 fully saturated rings. The Morgan fingerprint density at radius 2 is 2.09 bits per heavy atom. The topological polar surface area (TPSA) is 139 Å². The largest absolute Gasteiger partial charge is 0.326 e. The van der Waals surface area contributed by atoms with Gasteiger partial charge in [-0.3, -0.25) is 30.4 Å². The van der Waals surface area contributed by atoms with Gasteiger partial charge < -0.3 is 5.32 Å². The number of amides is 2. The molecule has 1 aromatic heterocycles. The molecule has 0 atom stereocenters. The molecule has 0 aliphatic carbocycles. The number of amidine groups is 1. The maximum Gasteiger partial charge on any atom is 0.270 e.